The number of aliphatic hydroxyl groups excluding tert-OH is 2. The van der Waals surface area contributed by atoms with Crippen molar-refractivity contribution in [2.24, 2.45) is 0 Å². The van der Waals surface area contributed by atoms with Crippen molar-refractivity contribution in [2.45, 2.75) is 244 Å². The van der Waals surface area contributed by atoms with E-state index in [0.717, 1.165) is 44.9 Å². The Hall–Kier alpha value is -1.22. The molecule has 0 heterocycles. The minimum absolute atomic E-state index is 0.275. The van der Waals surface area contributed by atoms with Gasteiger partial charge in [0, 0.05) is 0 Å². The molecule has 7 nitrogen and oxygen atoms in total. The van der Waals surface area contributed by atoms with E-state index in [1.165, 1.54) is 160 Å². The summed E-state index contributed by atoms with van der Waals surface area (Å²) in [6.45, 7) is 4.52. The standard InChI is InChI=1S/C44H85NO6S/c1-3-5-7-9-11-13-15-17-19-20-21-22-23-24-25-27-29-31-33-35-37-39-43(47)44(48)45-41(40-52(49,50)51)42(46)38-36-34-32-30-28-26-18-16-14-12-10-8-6-4-2/h23-24,36,38,41-43,46-47H,3-22,25-35,37,39-40H2,1-2H3,(H,45,48)(H,49,50,51)/b24-23-,38-36+. The van der Waals surface area contributed by atoms with E-state index < -0.39 is 40.0 Å². The summed E-state index contributed by atoms with van der Waals surface area (Å²) < 4.78 is 32.5. The Bertz CT molecular complexity index is 937. The smallest absolute Gasteiger partial charge is 0.267 e. The molecular formula is C44H85NO6S. The first-order chi connectivity index (χ1) is 25.2. The van der Waals surface area contributed by atoms with Crippen molar-refractivity contribution in [3.05, 3.63) is 24.3 Å². The molecule has 0 spiro atoms. The van der Waals surface area contributed by atoms with Crippen LogP contribution in [0.1, 0.15) is 226 Å². The van der Waals surface area contributed by atoms with Crippen molar-refractivity contribution in [1.82, 2.24) is 5.32 Å². The highest BCUT2D eigenvalue weighted by Crippen LogP contribution is 2.15. The minimum Gasteiger partial charge on any atom is -0.387 e. The second-order valence-corrected chi connectivity index (χ2v) is 17.0. The van der Waals surface area contributed by atoms with Crippen molar-refractivity contribution in [2.75, 3.05) is 5.75 Å². The maximum atomic E-state index is 12.6. The first kappa shape index (κ1) is 50.8. The number of aliphatic hydroxyl groups is 2. The van der Waals surface area contributed by atoms with Crippen LogP contribution in [0.15, 0.2) is 24.3 Å². The van der Waals surface area contributed by atoms with Crippen LogP contribution in [0.4, 0.5) is 0 Å². The molecule has 0 rings (SSSR count). The van der Waals surface area contributed by atoms with E-state index >= 15 is 0 Å². The summed E-state index contributed by atoms with van der Waals surface area (Å²) in [6.07, 6.45) is 45.2. The van der Waals surface area contributed by atoms with Gasteiger partial charge in [-0.2, -0.15) is 8.42 Å². The van der Waals surface area contributed by atoms with Gasteiger partial charge in [0.2, 0.25) is 5.91 Å². The van der Waals surface area contributed by atoms with Gasteiger partial charge in [-0.15, -0.1) is 0 Å². The number of allylic oxidation sites excluding steroid dienone is 3. The average molecular weight is 756 g/mol. The van der Waals surface area contributed by atoms with Crippen molar-refractivity contribution in [3.63, 3.8) is 0 Å². The van der Waals surface area contributed by atoms with Crippen LogP contribution in [-0.2, 0) is 14.9 Å². The Kier molecular flexibility index (Phi) is 37.2. The number of nitrogens with one attached hydrogen (secondary N) is 1. The molecule has 0 aromatic heterocycles. The van der Waals surface area contributed by atoms with Gasteiger partial charge in [-0.25, -0.2) is 0 Å². The number of hydrogen-bond acceptors (Lipinski definition) is 5. The summed E-state index contributed by atoms with van der Waals surface area (Å²) in [5, 5.41) is 23.4. The summed E-state index contributed by atoms with van der Waals surface area (Å²) in [5.74, 6) is -1.54. The van der Waals surface area contributed by atoms with Gasteiger partial charge in [-0.1, -0.05) is 205 Å². The molecule has 0 saturated carbocycles. The lowest BCUT2D eigenvalue weighted by Gasteiger charge is -2.22. The Morgan fingerprint density at radius 3 is 1.21 bits per heavy atom. The lowest BCUT2D eigenvalue weighted by atomic mass is 10.0. The quantitative estimate of drug-likeness (QED) is 0.0280. The molecule has 0 aliphatic carbocycles. The van der Waals surface area contributed by atoms with Crippen molar-refractivity contribution >= 4 is 16.0 Å². The fourth-order valence-corrected chi connectivity index (χ4v) is 7.54. The zero-order chi connectivity index (χ0) is 38.4. The van der Waals surface area contributed by atoms with Crippen molar-refractivity contribution < 1.29 is 28.0 Å². The Morgan fingerprint density at radius 2 is 0.846 bits per heavy atom. The SMILES string of the molecule is CCCCCCCCCCCCC/C=C\CCCCCCCCC(O)C(=O)NC(CS(=O)(=O)O)C(O)/C=C/CCCCCCCCCCCCCC. The van der Waals surface area contributed by atoms with Gasteiger partial charge in [0.1, 0.15) is 6.10 Å². The molecule has 8 heteroatoms. The van der Waals surface area contributed by atoms with Crippen molar-refractivity contribution in [3.8, 4) is 0 Å². The molecule has 4 N–H and O–H groups in total. The van der Waals surface area contributed by atoms with Gasteiger partial charge < -0.3 is 15.5 Å². The van der Waals surface area contributed by atoms with Crippen LogP contribution < -0.4 is 5.32 Å². The minimum atomic E-state index is -4.44. The van der Waals surface area contributed by atoms with Crippen LogP contribution in [0.2, 0.25) is 0 Å². The van der Waals surface area contributed by atoms with Gasteiger partial charge >= 0.3 is 0 Å². The molecule has 52 heavy (non-hydrogen) atoms. The molecule has 3 unspecified atom stereocenters. The lowest BCUT2D eigenvalue weighted by molar-refractivity contribution is -0.130. The van der Waals surface area contributed by atoms with Gasteiger partial charge in [0.15, 0.2) is 0 Å². The Balaban J connectivity index is 3.96. The molecule has 0 aromatic carbocycles. The van der Waals surface area contributed by atoms with Gasteiger partial charge in [-0.05, 0) is 44.9 Å². The normalized spacial score (nSPS) is 14.0. The van der Waals surface area contributed by atoms with Gasteiger partial charge in [0.25, 0.3) is 10.1 Å². The van der Waals surface area contributed by atoms with Crippen LogP contribution in [0.3, 0.4) is 0 Å². The average Bonchev–Trinajstić information content (AvgIpc) is 3.11. The van der Waals surface area contributed by atoms with Crippen LogP contribution in [-0.4, -0.2) is 53.1 Å². The van der Waals surface area contributed by atoms with Crippen LogP contribution in [0.5, 0.6) is 0 Å². The predicted octanol–water partition coefficient (Wildman–Crippen LogP) is 12.1. The van der Waals surface area contributed by atoms with Crippen LogP contribution in [0.25, 0.3) is 0 Å². The Labute approximate surface area is 322 Å². The summed E-state index contributed by atoms with van der Waals surface area (Å²) in [4.78, 5) is 12.6. The third-order valence-electron chi connectivity index (χ3n) is 10.2. The highest BCUT2D eigenvalue weighted by molar-refractivity contribution is 7.85. The summed E-state index contributed by atoms with van der Waals surface area (Å²) in [5.41, 5.74) is 0. The lowest BCUT2D eigenvalue weighted by Crippen LogP contribution is -2.50. The van der Waals surface area contributed by atoms with Crippen LogP contribution in [0, 0.1) is 0 Å². The van der Waals surface area contributed by atoms with Crippen LogP contribution >= 0.6 is 0 Å². The second-order valence-electron chi connectivity index (χ2n) is 15.5. The number of unbranched alkanes of at least 4 members (excludes halogenated alkanes) is 29. The summed E-state index contributed by atoms with van der Waals surface area (Å²) in [6, 6.07) is -1.23. The third kappa shape index (κ3) is 37.1. The third-order valence-corrected chi connectivity index (χ3v) is 11.0. The predicted molar refractivity (Wildman–Crippen MR) is 222 cm³/mol. The first-order valence-electron chi connectivity index (χ1n) is 22.1. The van der Waals surface area contributed by atoms with E-state index in [4.69, 9.17) is 0 Å². The molecule has 0 aliphatic heterocycles. The molecule has 0 bridgehead atoms. The van der Waals surface area contributed by atoms with E-state index in [0.29, 0.717) is 6.42 Å². The maximum absolute atomic E-state index is 12.6. The maximum Gasteiger partial charge on any atom is 0.267 e. The molecular weight excluding hydrogens is 671 g/mol. The molecule has 308 valence electrons. The number of rotatable bonds is 40. The van der Waals surface area contributed by atoms with E-state index in [2.05, 4.69) is 31.3 Å². The number of carbonyl (C=O) groups is 1. The number of hydrogen-bond donors (Lipinski definition) is 4. The molecule has 0 aromatic rings. The van der Waals surface area contributed by atoms with E-state index in [-0.39, 0.29) is 6.42 Å². The largest absolute Gasteiger partial charge is 0.387 e. The van der Waals surface area contributed by atoms with Crippen molar-refractivity contribution in [1.29, 1.82) is 0 Å². The fourth-order valence-electron chi connectivity index (χ4n) is 6.80. The molecule has 0 aliphatic rings. The van der Waals surface area contributed by atoms with E-state index in [9.17, 15) is 28.0 Å². The summed E-state index contributed by atoms with van der Waals surface area (Å²) in [7, 11) is -4.44. The topological polar surface area (TPSA) is 124 Å². The van der Waals surface area contributed by atoms with Gasteiger partial charge in [-0.3, -0.25) is 9.35 Å². The van der Waals surface area contributed by atoms with E-state index in [1.807, 2.05) is 0 Å². The highest BCUT2D eigenvalue weighted by atomic mass is 32.2. The van der Waals surface area contributed by atoms with Gasteiger partial charge in [0.05, 0.1) is 17.9 Å². The Morgan fingerprint density at radius 1 is 0.519 bits per heavy atom. The highest BCUT2D eigenvalue weighted by Gasteiger charge is 2.27. The number of carbonyl (C=O) groups excluding carboxylic acids is 1. The molecule has 0 saturated heterocycles. The fraction of sp³-hybridized carbons (Fsp3) is 0.886. The first-order valence-corrected chi connectivity index (χ1v) is 23.8. The number of amides is 1. The molecule has 1 amide bonds. The molecule has 3 atom stereocenters. The monoisotopic (exact) mass is 756 g/mol. The zero-order valence-corrected chi connectivity index (χ0v) is 34.9. The molecule has 0 fully saturated rings. The summed E-state index contributed by atoms with van der Waals surface area (Å²) >= 11 is 0. The second kappa shape index (κ2) is 38.1. The molecule has 0 radical (unpaired) electrons. The van der Waals surface area contributed by atoms with E-state index in [1.54, 1.807) is 6.08 Å². The zero-order valence-electron chi connectivity index (χ0n) is 34.1.